The van der Waals surface area contributed by atoms with Crippen molar-refractivity contribution in [2.45, 2.75) is 51.2 Å². The molecule has 1 aliphatic rings. The molecule has 14 heavy (non-hydrogen) atoms. The zero-order valence-corrected chi connectivity index (χ0v) is 9.31. The Morgan fingerprint density at radius 2 is 2.36 bits per heavy atom. The van der Waals surface area contributed by atoms with E-state index in [0.717, 1.165) is 26.0 Å². The molecule has 84 valence electrons. The summed E-state index contributed by atoms with van der Waals surface area (Å²) >= 11 is 0. The lowest BCUT2D eigenvalue weighted by molar-refractivity contribution is 0.0452. The molecule has 3 heteroatoms. The first-order chi connectivity index (χ1) is 6.64. The molecule has 0 aromatic carbocycles. The van der Waals surface area contributed by atoms with Crippen molar-refractivity contribution in [3.8, 4) is 0 Å². The predicted octanol–water partition coefficient (Wildman–Crippen LogP) is 2.28. The summed E-state index contributed by atoms with van der Waals surface area (Å²) in [5.41, 5.74) is -1.03. The topological polar surface area (TPSA) is 21.3 Å². The molecule has 1 saturated heterocycles. The van der Waals surface area contributed by atoms with Crippen LogP contribution in [0.15, 0.2) is 0 Å². The monoisotopic (exact) mass is 203 g/mol. The van der Waals surface area contributed by atoms with E-state index in [1.54, 1.807) is 6.92 Å². The molecule has 0 aliphatic carbocycles. The van der Waals surface area contributed by atoms with Crippen LogP contribution >= 0.6 is 0 Å². The minimum absolute atomic E-state index is 0.204. The van der Waals surface area contributed by atoms with Gasteiger partial charge >= 0.3 is 0 Å². The van der Waals surface area contributed by atoms with Gasteiger partial charge in [0.2, 0.25) is 0 Å². The third-order valence-corrected chi connectivity index (χ3v) is 2.72. The minimum atomic E-state index is -1.03. The summed E-state index contributed by atoms with van der Waals surface area (Å²) < 4.78 is 19.3. The first-order valence-electron chi connectivity index (χ1n) is 5.64. The highest BCUT2D eigenvalue weighted by Crippen LogP contribution is 2.25. The van der Waals surface area contributed by atoms with Gasteiger partial charge in [0.15, 0.2) is 0 Å². The van der Waals surface area contributed by atoms with Crippen molar-refractivity contribution in [3.63, 3.8) is 0 Å². The largest absolute Gasteiger partial charge is 0.379 e. The number of rotatable bonds is 5. The van der Waals surface area contributed by atoms with Gasteiger partial charge in [-0.15, -0.1) is 0 Å². The zero-order chi connectivity index (χ0) is 10.4. The van der Waals surface area contributed by atoms with Gasteiger partial charge in [0.05, 0.1) is 13.2 Å². The van der Waals surface area contributed by atoms with E-state index in [1.807, 2.05) is 0 Å². The quantitative estimate of drug-likeness (QED) is 0.740. The van der Waals surface area contributed by atoms with Gasteiger partial charge < -0.3 is 10.1 Å². The molecule has 0 bridgehead atoms. The molecule has 1 rings (SSSR count). The first kappa shape index (κ1) is 11.9. The van der Waals surface area contributed by atoms with Crippen LogP contribution in [-0.2, 0) is 4.74 Å². The van der Waals surface area contributed by atoms with Crippen LogP contribution in [0.25, 0.3) is 0 Å². The fourth-order valence-electron chi connectivity index (χ4n) is 1.91. The number of nitrogens with one attached hydrogen (secondary N) is 1. The summed E-state index contributed by atoms with van der Waals surface area (Å²) in [5.74, 6) is 0. The van der Waals surface area contributed by atoms with E-state index in [2.05, 4.69) is 12.2 Å². The van der Waals surface area contributed by atoms with Gasteiger partial charge in [-0.25, -0.2) is 4.39 Å². The van der Waals surface area contributed by atoms with Crippen LogP contribution < -0.4 is 5.32 Å². The lowest BCUT2D eigenvalue weighted by Gasteiger charge is -2.29. The molecular weight excluding hydrogens is 181 g/mol. The molecule has 1 fully saturated rings. The Morgan fingerprint density at radius 1 is 1.57 bits per heavy atom. The van der Waals surface area contributed by atoms with Crippen molar-refractivity contribution in [1.29, 1.82) is 0 Å². The fourth-order valence-corrected chi connectivity index (χ4v) is 1.91. The molecule has 0 amide bonds. The molecule has 1 heterocycles. The highest BCUT2D eigenvalue weighted by atomic mass is 19.1. The maximum atomic E-state index is 14.0. The van der Waals surface area contributed by atoms with Gasteiger partial charge in [-0.3, -0.25) is 0 Å². The standard InChI is InChI=1S/C11H22FNO/c1-3-4-5-11(2,12)8-10-9-14-7-6-13-10/h10,13H,3-9H2,1-2H3. The Hall–Kier alpha value is -0.150. The van der Waals surface area contributed by atoms with E-state index < -0.39 is 5.67 Å². The first-order valence-corrected chi connectivity index (χ1v) is 5.64. The Morgan fingerprint density at radius 3 is 2.93 bits per heavy atom. The molecule has 0 spiro atoms. The van der Waals surface area contributed by atoms with Crippen LogP contribution in [0.2, 0.25) is 0 Å². The average molecular weight is 203 g/mol. The summed E-state index contributed by atoms with van der Waals surface area (Å²) in [6, 6.07) is 0.204. The summed E-state index contributed by atoms with van der Waals surface area (Å²) in [6.07, 6.45) is 3.28. The molecule has 1 N–H and O–H groups in total. The fraction of sp³-hybridized carbons (Fsp3) is 1.00. The number of alkyl halides is 1. The van der Waals surface area contributed by atoms with Gasteiger partial charge in [0.25, 0.3) is 0 Å². The van der Waals surface area contributed by atoms with Crippen LogP contribution in [0.3, 0.4) is 0 Å². The average Bonchev–Trinajstić information content (AvgIpc) is 2.16. The second kappa shape index (κ2) is 5.66. The van der Waals surface area contributed by atoms with Crippen molar-refractivity contribution < 1.29 is 9.13 Å². The molecule has 1 aliphatic heterocycles. The molecule has 0 aromatic heterocycles. The lowest BCUT2D eigenvalue weighted by Crippen LogP contribution is -2.44. The smallest absolute Gasteiger partial charge is 0.109 e. The van der Waals surface area contributed by atoms with Crippen molar-refractivity contribution in [3.05, 3.63) is 0 Å². The van der Waals surface area contributed by atoms with E-state index in [0.29, 0.717) is 19.4 Å². The normalized spacial score (nSPS) is 27.2. The van der Waals surface area contributed by atoms with Gasteiger partial charge in [-0.1, -0.05) is 19.8 Å². The van der Waals surface area contributed by atoms with Crippen LogP contribution in [0.5, 0.6) is 0 Å². The Bertz CT molecular complexity index is 155. The number of ether oxygens (including phenoxy) is 1. The second-order valence-electron chi connectivity index (χ2n) is 4.45. The molecule has 2 atom stereocenters. The Kier molecular flexibility index (Phi) is 4.82. The van der Waals surface area contributed by atoms with Crippen LogP contribution in [0.4, 0.5) is 4.39 Å². The number of unbranched alkanes of at least 4 members (excludes halogenated alkanes) is 1. The SMILES string of the molecule is CCCCC(C)(F)CC1COCCN1. The van der Waals surface area contributed by atoms with E-state index in [9.17, 15) is 4.39 Å². The molecule has 0 radical (unpaired) electrons. The van der Waals surface area contributed by atoms with E-state index in [1.165, 1.54) is 0 Å². The predicted molar refractivity (Wildman–Crippen MR) is 56.3 cm³/mol. The van der Waals surface area contributed by atoms with Crippen molar-refractivity contribution >= 4 is 0 Å². The van der Waals surface area contributed by atoms with Crippen LogP contribution in [0, 0.1) is 0 Å². The van der Waals surface area contributed by atoms with Gasteiger partial charge in [-0.2, -0.15) is 0 Å². The van der Waals surface area contributed by atoms with Crippen molar-refractivity contribution in [2.75, 3.05) is 19.8 Å². The third kappa shape index (κ3) is 4.38. The highest BCUT2D eigenvalue weighted by Gasteiger charge is 2.28. The molecule has 0 saturated carbocycles. The zero-order valence-electron chi connectivity index (χ0n) is 9.31. The van der Waals surface area contributed by atoms with Crippen LogP contribution in [-0.4, -0.2) is 31.5 Å². The van der Waals surface area contributed by atoms with Crippen molar-refractivity contribution in [1.82, 2.24) is 5.32 Å². The summed E-state index contributed by atoms with van der Waals surface area (Å²) in [6.45, 7) is 6.08. The summed E-state index contributed by atoms with van der Waals surface area (Å²) in [4.78, 5) is 0. The molecule has 2 unspecified atom stereocenters. The minimum Gasteiger partial charge on any atom is -0.379 e. The van der Waals surface area contributed by atoms with E-state index >= 15 is 0 Å². The van der Waals surface area contributed by atoms with Gasteiger partial charge in [-0.05, 0) is 19.8 Å². The number of hydrogen-bond donors (Lipinski definition) is 1. The maximum Gasteiger partial charge on any atom is 0.109 e. The van der Waals surface area contributed by atoms with Gasteiger partial charge in [0.1, 0.15) is 5.67 Å². The lowest BCUT2D eigenvalue weighted by atomic mass is 9.93. The highest BCUT2D eigenvalue weighted by molar-refractivity contribution is 4.82. The number of morpholine rings is 1. The molecular formula is C11H22FNO. The summed E-state index contributed by atoms with van der Waals surface area (Å²) in [5, 5.41) is 3.29. The van der Waals surface area contributed by atoms with Crippen molar-refractivity contribution in [2.24, 2.45) is 0 Å². The van der Waals surface area contributed by atoms with Gasteiger partial charge in [0, 0.05) is 12.6 Å². The number of halogens is 1. The maximum absolute atomic E-state index is 14.0. The van der Waals surface area contributed by atoms with E-state index in [-0.39, 0.29) is 6.04 Å². The molecule has 2 nitrogen and oxygen atoms in total. The second-order valence-corrected chi connectivity index (χ2v) is 4.45. The molecule has 0 aromatic rings. The van der Waals surface area contributed by atoms with Crippen LogP contribution in [0.1, 0.15) is 39.5 Å². The third-order valence-electron chi connectivity index (χ3n) is 2.72. The Balaban J connectivity index is 2.25. The number of hydrogen-bond acceptors (Lipinski definition) is 2. The summed E-state index contributed by atoms with van der Waals surface area (Å²) in [7, 11) is 0. The Labute approximate surface area is 86.2 Å². The van der Waals surface area contributed by atoms with E-state index in [4.69, 9.17) is 4.74 Å².